The Morgan fingerprint density at radius 3 is 2.14 bits per heavy atom. The molecule has 196 valence electrons. The average Bonchev–Trinajstić information content (AvgIpc) is 2.85. The summed E-state index contributed by atoms with van der Waals surface area (Å²) in [5.74, 6) is 0.290. The van der Waals surface area contributed by atoms with Crippen LogP contribution >= 0.6 is 58.2 Å². The molecule has 3 rings (SSSR count). The number of amides is 2. The van der Waals surface area contributed by atoms with E-state index in [1.165, 1.54) is 11.8 Å². The van der Waals surface area contributed by atoms with E-state index in [0.717, 1.165) is 11.1 Å². The normalized spacial score (nSPS) is 11.9. The number of nitrogens with one attached hydrogen (secondary N) is 1. The molecule has 0 aliphatic carbocycles. The number of thioether (sulfide) groups is 1. The van der Waals surface area contributed by atoms with Crippen molar-refractivity contribution in [2.24, 2.45) is 0 Å². The Bertz CT molecular complexity index is 1200. The van der Waals surface area contributed by atoms with Gasteiger partial charge in [0.1, 0.15) is 6.04 Å². The lowest BCUT2D eigenvalue weighted by molar-refractivity contribution is -0.139. The van der Waals surface area contributed by atoms with E-state index < -0.39 is 6.04 Å². The molecule has 0 radical (unpaired) electrons. The number of nitrogens with zero attached hydrogens (tertiary/aromatic N) is 1. The highest BCUT2D eigenvalue weighted by atomic mass is 35.5. The molecule has 0 bridgehead atoms. The van der Waals surface area contributed by atoms with Gasteiger partial charge in [0.2, 0.25) is 11.8 Å². The van der Waals surface area contributed by atoms with Crippen LogP contribution in [0.3, 0.4) is 0 Å². The summed E-state index contributed by atoms with van der Waals surface area (Å²) in [5.41, 5.74) is 2.49. The van der Waals surface area contributed by atoms with E-state index in [-0.39, 0.29) is 30.2 Å². The van der Waals surface area contributed by atoms with E-state index in [1.807, 2.05) is 50.2 Å². The van der Waals surface area contributed by atoms with Crippen molar-refractivity contribution in [3.63, 3.8) is 0 Å². The van der Waals surface area contributed by atoms with Gasteiger partial charge in [0.15, 0.2) is 0 Å². The zero-order valence-electron chi connectivity index (χ0n) is 20.5. The summed E-state index contributed by atoms with van der Waals surface area (Å²) in [6, 6.07) is 19.4. The molecule has 1 N–H and O–H groups in total. The molecule has 0 unspecified atom stereocenters. The van der Waals surface area contributed by atoms with Gasteiger partial charge in [-0.05, 0) is 49.2 Å². The maximum absolute atomic E-state index is 13.7. The molecule has 2 amide bonds. The minimum atomic E-state index is -0.754. The summed E-state index contributed by atoms with van der Waals surface area (Å²) in [5, 5.41) is 4.80. The minimum absolute atomic E-state index is 0.0874. The Balaban J connectivity index is 1.89. The number of hydrogen-bond acceptors (Lipinski definition) is 3. The summed E-state index contributed by atoms with van der Waals surface area (Å²) >= 11 is 26.5. The molecule has 0 saturated carbocycles. The summed E-state index contributed by atoms with van der Waals surface area (Å²) in [4.78, 5) is 28.7. The van der Waals surface area contributed by atoms with Gasteiger partial charge >= 0.3 is 0 Å². The Labute approximate surface area is 242 Å². The Kier molecular flexibility index (Phi) is 11.5. The van der Waals surface area contributed by atoms with Crippen LogP contribution < -0.4 is 5.32 Å². The fraction of sp³-hybridized carbons (Fsp3) is 0.286. The van der Waals surface area contributed by atoms with Crippen LogP contribution in [-0.2, 0) is 28.3 Å². The number of carbonyl (C=O) groups excluding carboxylic acids is 2. The largest absolute Gasteiger partial charge is 0.352 e. The van der Waals surface area contributed by atoms with Crippen LogP contribution in [0.25, 0.3) is 0 Å². The molecule has 0 heterocycles. The first-order chi connectivity index (χ1) is 17.7. The van der Waals surface area contributed by atoms with Crippen LogP contribution in [0.4, 0.5) is 0 Å². The number of rotatable bonds is 11. The molecule has 4 nitrogen and oxygen atoms in total. The molecule has 9 heteroatoms. The number of halogens is 4. The van der Waals surface area contributed by atoms with E-state index >= 15 is 0 Å². The van der Waals surface area contributed by atoms with E-state index in [2.05, 4.69) is 5.32 Å². The lowest BCUT2D eigenvalue weighted by Crippen LogP contribution is -2.52. The molecule has 0 aliphatic rings. The van der Waals surface area contributed by atoms with Gasteiger partial charge in [-0.2, -0.15) is 0 Å². The van der Waals surface area contributed by atoms with Crippen LogP contribution in [0, 0.1) is 0 Å². The van der Waals surface area contributed by atoms with E-state index in [4.69, 9.17) is 46.4 Å². The quantitative estimate of drug-likeness (QED) is 0.246. The summed E-state index contributed by atoms with van der Waals surface area (Å²) in [6.07, 6.45) is 0.352. The van der Waals surface area contributed by atoms with E-state index in [1.54, 1.807) is 35.2 Å². The van der Waals surface area contributed by atoms with Crippen LogP contribution in [0.5, 0.6) is 0 Å². The summed E-state index contributed by atoms with van der Waals surface area (Å²) in [7, 11) is 0. The maximum atomic E-state index is 13.7. The first kappa shape index (κ1) is 29.7. The van der Waals surface area contributed by atoms with Gasteiger partial charge in [0.05, 0.1) is 15.8 Å². The van der Waals surface area contributed by atoms with Crippen molar-refractivity contribution in [2.45, 2.75) is 44.6 Å². The van der Waals surface area contributed by atoms with Crippen LogP contribution in [0.2, 0.25) is 20.1 Å². The number of carbonyl (C=O) groups is 2. The smallest absolute Gasteiger partial charge is 0.243 e. The molecule has 0 aliphatic heterocycles. The van der Waals surface area contributed by atoms with Crippen molar-refractivity contribution < 1.29 is 9.59 Å². The zero-order valence-corrected chi connectivity index (χ0v) is 24.4. The molecular weight excluding hydrogens is 570 g/mol. The molecule has 1 atom stereocenters. The van der Waals surface area contributed by atoms with Crippen molar-refractivity contribution >= 4 is 70.0 Å². The third kappa shape index (κ3) is 8.83. The van der Waals surface area contributed by atoms with E-state index in [9.17, 15) is 9.59 Å². The average molecular weight is 598 g/mol. The second-order valence-corrected chi connectivity index (χ2v) is 11.4. The second-order valence-electron chi connectivity index (χ2n) is 8.83. The lowest BCUT2D eigenvalue weighted by atomic mass is 10.0. The van der Waals surface area contributed by atoms with Crippen molar-refractivity contribution in [3.05, 3.63) is 104 Å². The van der Waals surface area contributed by atoms with Crippen LogP contribution in [-0.4, -0.2) is 34.6 Å². The molecule has 3 aromatic rings. The minimum Gasteiger partial charge on any atom is -0.352 e. The molecule has 0 fully saturated rings. The summed E-state index contributed by atoms with van der Waals surface area (Å²) in [6.45, 7) is 3.89. The van der Waals surface area contributed by atoms with Gasteiger partial charge in [-0.1, -0.05) is 88.9 Å². The van der Waals surface area contributed by atoms with Crippen LogP contribution in [0.1, 0.15) is 30.5 Å². The third-order valence-electron chi connectivity index (χ3n) is 5.57. The predicted molar refractivity (Wildman–Crippen MR) is 157 cm³/mol. The summed E-state index contributed by atoms with van der Waals surface area (Å²) < 4.78 is 0. The first-order valence-electron chi connectivity index (χ1n) is 11.7. The molecule has 0 aromatic heterocycles. The van der Waals surface area contributed by atoms with Gasteiger partial charge in [0.25, 0.3) is 0 Å². The highest BCUT2D eigenvalue weighted by molar-refractivity contribution is 7.99. The predicted octanol–water partition coefficient (Wildman–Crippen LogP) is 7.70. The van der Waals surface area contributed by atoms with E-state index in [0.29, 0.717) is 37.8 Å². The highest BCUT2D eigenvalue weighted by Gasteiger charge is 2.31. The van der Waals surface area contributed by atoms with Gasteiger partial charge in [-0.15, -0.1) is 11.8 Å². The second kappa shape index (κ2) is 14.3. The van der Waals surface area contributed by atoms with Gasteiger partial charge < -0.3 is 10.2 Å². The first-order valence-corrected chi connectivity index (χ1v) is 14.4. The standard InChI is InChI=1S/C28H28Cl4N2O2S/c1-18(2)33-28(36)26(14-19-7-4-3-5-8-19)34(15-21-22(29)9-6-10-23(21)30)27(35)17-37-16-20-11-12-24(31)25(32)13-20/h3-13,18,26H,14-17H2,1-2H3,(H,33,36)/t26-/m1/s1. The molecule has 3 aromatic carbocycles. The molecule has 0 spiro atoms. The fourth-order valence-electron chi connectivity index (χ4n) is 3.76. The van der Waals surface area contributed by atoms with Crippen LogP contribution in [0.15, 0.2) is 66.7 Å². The Hall–Kier alpha value is -1.89. The Morgan fingerprint density at radius 1 is 0.838 bits per heavy atom. The molecule has 0 saturated heterocycles. The SMILES string of the molecule is CC(C)NC(=O)[C@@H](Cc1ccccc1)N(Cc1c(Cl)cccc1Cl)C(=O)CSCc1ccc(Cl)c(Cl)c1. The maximum Gasteiger partial charge on any atom is 0.243 e. The van der Waals surface area contributed by atoms with Crippen molar-refractivity contribution in [2.75, 3.05) is 5.75 Å². The van der Waals surface area contributed by atoms with Gasteiger partial charge in [0, 0.05) is 40.4 Å². The number of benzene rings is 3. The molecule has 37 heavy (non-hydrogen) atoms. The number of hydrogen-bond donors (Lipinski definition) is 1. The molecular formula is C28H28Cl4N2O2S. The third-order valence-corrected chi connectivity index (χ3v) is 8.01. The monoisotopic (exact) mass is 596 g/mol. The lowest BCUT2D eigenvalue weighted by Gasteiger charge is -2.32. The highest BCUT2D eigenvalue weighted by Crippen LogP contribution is 2.28. The van der Waals surface area contributed by atoms with Gasteiger partial charge in [-0.3, -0.25) is 9.59 Å². The zero-order chi connectivity index (χ0) is 26.9. The Morgan fingerprint density at radius 2 is 1.51 bits per heavy atom. The van der Waals surface area contributed by atoms with Crippen molar-refractivity contribution in [1.29, 1.82) is 0 Å². The van der Waals surface area contributed by atoms with Crippen molar-refractivity contribution in [1.82, 2.24) is 10.2 Å². The topological polar surface area (TPSA) is 49.4 Å². The van der Waals surface area contributed by atoms with Gasteiger partial charge in [-0.25, -0.2) is 0 Å². The fourth-order valence-corrected chi connectivity index (χ4v) is 5.45. The van der Waals surface area contributed by atoms with Crippen molar-refractivity contribution in [3.8, 4) is 0 Å².